The minimum absolute atomic E-state index is 0.435. The second-order valence-electron chi connectivity index (χ2n) is 5.78. The molecule has 1 heterocycles. The summed E-state index contributed by atoms with van der Waals surface area (Å²) in [5.41, 5.74) is 3.50. The summed E-state index contributed by atoms with van der Waals surface area (Å²) in [5.74, 6) is -1.22. The summed E-state index contributed by atoms with van der Waals surface area (Å²) in [6.07, 6.45) is 0. The normalized spacial score (nSPS) is 10.8. The third-order valence-electron chi connectivity index (χ3n) is 4.28. The van der Waals surface area contributed by atoms with Crippen LogP contribution in [-0.2, 0) is 11.8 Å². The van der Waals surface area contributed by atoms with E-state index in [1.807, 2.05) is 49.7 Å². The maximum Gasteiger partial charge on any atom is 0.296 e. The summed E-state index contributed by atoms with van der Waals surface area (Å²) in [6, 6.07) is 12.7. The van der Waals surface area contributed by atoms with E-state index in [1.165, 1.54) is 0 Å². The van der Waals surface area contributed by atoms with Crippen LogP contribution in [-0.4, -0.2) is 16.3 Å². The average molecular weight is 341 g/mol. The van der Waals surface area contributed by atoms with Gasteiger partial charge in [-0.3, -0.25) is 9.59 Å². The van der Waals surface area contributed by atoms with Gasteiger partial charge in [0.05, 0.1) is 5.56 Å². The van der Waals surface area contributed by atoms with E-state index in [0.717, 1.165) is 22.2 Å². The molecule has 0 radical (unpaired) electrons. The first-order chi connectivity index (χ1) is 11.4. The van der Waals surface area contributed by atoms with Crippen LogP contribution in [0.1, 0.15) is 21.6 Å². The minimum atomic E-state index is -0.667. The number of amides is 1. The number of Topliss-reactive ketones (excluding diaryl/α,β-unsaturated/α-hetero) is 1. The van der Waals surface area contributed by atoms with Crippen molar-refractivity contribution in [3.8, 4) is 0 Å². The number of hydrogen-bond donors (Lipinski definition) is 1. The van der Waals surface area contributed by atoms with E-state index in [-0.39, 0.29) is 0 Å². The number of hydrogen-bond acceptors (Lipinski definition) is 2. The molecule has 1 N–H and O–H groups in total. The highest BCUT2D eigenvalue weighted by Gasteiger charge is 2.24. The zero-order valence-corrected chi connectivity index (χ0v) is 14.4. The van der Waals surface area contributed by atoms with Crippen LogP contribution >= 0.6 is 11.6 Å². The van der Waals surface area contributed by atoms with Crippen molar-refractivity contribution >= 4 is 39.9 Å². The number of nitrogens with one attached hydrogen (secondary N) is 1. The van der Waals surface area contributed by atoms with Gasteiger partial charge >= 0.3 is 0 Å². The van der Waals surface area contributed by atoms with Gasteiger partial charge in [0.15, 0.2) is 0 Å². The molecule has 2 aromatic carbocycles. The van der Waals surface area contributed by atoms with Gasteiger partial charge in [-0.05, 0) is 37.6 Å². The summed E-state index contributed by atoms with van der Waals surface area (Å²) in [4.78, 5) is 25.2. The number of aromatic nitrogens is 1. The summed E-state index contributed by atoms with van der Waals surface area (Å²) in [5, 5.41) is 3.95. The molecular weight excluding hydrogens is 324 g/mol. The third kappa shape index (κ3) is 2.69. The molecule has 0 spiro atoms. The van der Waals surface area contributed by atoms with Crippen LogP contribution < -0.4 is 5.32 Å². The van der Waals surface area contributed by atoms with Crippen molar-refractivity contribution in [1.82, 2.24) is 4.57 Å². The third-order valence-corrected chi connectivity index (χ3v) is 4.52. The smallest absolute Gasteiger partial charge is 0.296 e. The molecule has 24 heavy (non-hydrogen) atoms. The number of para-hydroxylation sites is 1. The SMILES string of the molecule is Cc1ccc(Cl)cc1NC(=O)C(=O)c1c(C)n(C)c2ccccc12. The van der Waals surface area contributed by atoms with E-state index in [0.29, 0.717) is 16.3 Å². The molecule has 1 aromatic heterocycles. The van der Waals surface area contributed by atoms with Crippen molar-refractivity contribution in [1.29, 1.82) is 0 Å². The molecule has 0 saturated heterocycles. The molecule has 0 aliphatic heterocycles. The summed E-state index contributed by atoms with van der Waals surface area (Å²) < 4.78 is 1.92. The Morgan fingerprint density at radius 2 is 1.79 bits per heavy atom. The lowest BCUT2D eigenvalue weighted by Gasteiger charge is -2.08. The minimum Gasteiger partial charge on any atom is -0.347 e. The van der Waals surface area contributed by atoms with E-state index in [4.69, 9.17) is 11.6 Å². The van der Waals surface area contributed by atoms with Crippen molar-refractivity contribution < 1.29 is 9.59 Å². The number of fused-ring (bicyclic) bond motifs is 1. The van der Waals surface area contributed by atoms with Crippen LogP contribution in [0.3, 0.4) is 0 Å². The molecule has 0 fully saturated rings. The Morgan fingerprint density at radius 3 is 2.54 bits per heavy atom. The van der Waals surface area contributed by atoms with Crippen LogP contribution in [0.15, 0.2) is 42.5 Å². The number of anilines is 1. The predicted molar refractivity (Wildman–Crippen MR) is 96.8 cm³/mol. The molecule has 1 amide bonds. The second kappa shape index (κ2) is 6.13. The van der Waals surface area contributed by atoms with E-state index in [9.17, 15) is 9.59 Å². The first-order valence-corrected chi connectivity index (χ1v) is 7.94. The first-order valence-electron chi connectivity index (χ1n) is 7.56. The van der Waals surface area contributed by atoms with E-state index in [1.54, 1.807) is 18.2 Å². The molecule has 0 aliphatic rings. The van der Waals surface area contributed by atoms with Crippen LogP contribution in [0.25, 0.3) is 10.9 Å². The van der Waals surface area contributed by atoms with Crippen molar-refractivity contribution in [3.63, 3.8) is 0 Å². The second-order valence-corrected chi connectivity index (χ2v) is 6.22. The van der Waals surface area contributed by atoms with Crippen molar-refractivity contribution in [2.24, 2.45) is 7.05 Å². The molecule has 0 unspecified atom stereocenters. The lowest BCUT2D eigenvalue weighted by Crippen LogP contribution is -2.24. The largest absolute Gasteiger partial charge is 0.347 e. The highest BCUT2D eigenvalue weighted by Crippen LogP contribution is 2.26. The van der Waals surface area contributed by atoms with Gasteiger partial charge in [0.25, 0.3) is 11.7 Å². The van der Waals surface area contributed by atoms with Gasteiger partial charge in [-0.25, -0.2) is 0 Å². The number of nitrogens with zero attached hydrogens (tertiary/aromatic N) is 1. The van der Waals surface area contributed by atoms with Crippen LogP contribution in [0.4, 0.5) is 5.69 Å². The monoisotopic (exact) mass is 340 g/mol. The Morgan fingerprint density at radius 1 is 1.08 bits per heavy atom. The molecule has 0 aliphatic carbocycles. The number of carbonyl (C=O) groups excluding carboxylic acids is 2. The lowest BCUT2D eigenvalue weighted by molar-refractivity contribution is -0.112. The molecule has 3 aromatic rings. The Labute approximate surface area is 145 Å². The Kier molecular flexibility index (Phi) is 4.16. The molecule has 0 atom stereocenters. The van der Waals surface area contributed by atoms with Crippen LogP contribution in [0, 0.1) is 13.8 Å². The predicted octanol–water partition coefficient (Wildman–Crippen LogP) is 4.27. The van der Waals surface area contributed by atoms with Crippen molar-refractivity contribution in [2.45, 2.75) is 13.8 Å². The lowest BCUT2D eigenvalue weighted by atomic mass is 10.1. The molecule has 5 heteroatoms. The number of carbonyl (C=O) groups is 2. The Hall–Kier alpha value is -2.59. The maximum atomic E-state index is 12.7. The van der Waals surface area contributed by atoms with Crippen molar-refractivity contribution in [3.05, 3.63) is 64.3 Å². The highest BCUT2D eigenvalue weighted by atomic mass is 35.5. The standard InChI is InChI=1S/C19H17ClN2O2/c1-11-8-9-13(20)10-15(11)21-19(24)18(23)17-12(2)22(3)16-7-5-4-6-14(16)17/h4-10H,1-3H3,(H,21,24). The van der Waals surface area contributed by atoms with Crippen molar-refractivity contribution in [2.75, 3.05) is 5.32 Å². The Balaban J connectivity index is 1.99. The first kappa shape index (κ1) is 16.3. The fraction of sp³-hybridized carbons (Fsp3) is 0.158. The fourth-order valence-electron chi connectivity index (χ4n) is 2.83. The molecule has 3 rings (SSSR count). The Bertz CT molecular complexity index is 973. The number of halogens is 1. The molecule has 0 saturated carbocycles. The van der Waals surface area contributed by atoms with Gasteiger partial charge in [-0.2, -0.15) is 0 Å². The van der Waals surface area contributed by atoms with Gasteiger partial charge < -0.3 is 9.88 Å². The zero-order chi connectivity index (χ0) is 17.4. The number of ketones is 1. The fourth-order valence-corrected chi connectivity index (χ4v) is 3.00. The van der Waals surface area contributed by atoms with Gasteiger partial charge in [-0.15, -0.1) is 0 Å². The van der Waals surface area contributed by atoms with E-state index in [2.05, 4.69) is 5.32 Å². The van der Waals surface area contributed by atoms with Gasteiger partial charge in [0.2, 0.25) is 0 Å². The zero-order valence-electron chi connectivity index (χ0n) is 13.7. The average Bonchev–Trinajstić information content (AvgIpc) is 2.82. The molecule has 122 valence electrons. The molecule has 0 bridgehead atoms. The number of rotatable bonds is 3. The topological polar surface area (TPSA) is 51.1 Å². The summed E-state index contributed by atoms with van der Waals surface area (Å²) in [6.45, 7) is 3.69. The van der Waals surface area contributed by atoms with Gasteiger partial charge in [0, 0.05) is 34.4 Å². The quantitative estimate of drug-likeness (QED) is 0.572. The van der Waals surface area contributed by atoms with E-state index >= 15 is 0 Å². The summed E-state index contributed by atoms with van der Waals surface area (Å²) in [7, 11) is 1.88. The van der Waals surface area contributed by atoms with Crippen LogP contribution in [0.5, 0.6) is 0 Å². The molecular formula is C19H17ClN2O2. The summed E-state index contributed by atoms with van der Waals surface area (Å²) >= 11 is 5.96. The van der Waals surface area contributed by atoms with E-state index < -0.39 is 11.7 Å². The number of aryl methyl sites for hydroxylation is 2. The number of benzene rings is 2. The maximum absolute atomic E-state index is 12.7. The van der Waals surface area contributed by atoms with Gasteiger partial charge in [0.1, 0.15) is 0 Å². The van der Waals surface area contributed by atoms with Gasteiger partial charge in [-0.1, -0.05) is 35.9 Å². The molecule has 4 nitrogen and oxygen atoms in total. The van der Waals surface area contributed by atoms with Crippen LogP contribution in [0.2, 0.25) is 5.02 Å². The highest BCUT2D eigenvalue weighted by molar-refractivity contribution is 6.48.